The first-order valence-electron chi connectivity index (χ1n) is 7.93. The maximum atomic E-state index is 12.3. The molecule has 0 atom stereocenters. The first kappa shape index (κ1) is 18.8. The number of rotatable bonds is 6. The number of halogens is 1. The van der Waals surface area contributed by atoms with E-state index in [2.05, 4.69) is 5.32 Å². The molecule has 5 heteroatoms. The zero-order valence-electron chi connectivity index (χ0n) is 13.3. The molecule has 0 unspecified atom stereocenters. The third-order valence-corrected chi connectivity index (χ3v) is 4.15. The number of amides is 1. The number of para-hydroxylation sites is 1. The quantitative estimate of drug-likeness (QED) is 0.845. The molecule has 1 aliphatic rings. The highest BCUT2D eigenvalue weighted by molar-refractivity contribution is 5.86. The van der Waals surface area contributed by atoms with Crippen LogP contribution >= 0.6 is 12.4 Å². The molecule has 1 aromatic rings. The number of carbonyl (C=O) groups is 1. The van der Waals surface area contributed by atoms with E-state index < -0.39 is 5.54 Å². The largest absolute Gasteiger partial charge is 0.494 e. The van der Waals surface area contributed by atoms with Gasteiger partial charge in [0.25, 0.3) is 0 Å². The summed E-state index contributed by atoms with van der Waals surface area (Å²) in [5, 5.41) is 2.99. The minimum atomic E-state index is -0.655. The highest BCUT2D eigenvalue weighted by Gasteiger charge is 2.34. The third kappa shape index (κ3) is 4.89. The molecule has 0 radical (unpaired) electrons. The third-order valence-electron chi connectivity index (χ3n) is 4.15. The normalized spacial score (nSPS) is 16.5. The van der Waals surface area contributed by atoms with Crippen LogP contribution in [0.1, 0.15) is 44.6 Å². The molecule has 124 valence electrons. The van der Waals surface area contributed by atoms with E-state index in [0.29, 0.717) is 13.2 Å². The topological polar surface area (TPSA) is 64.3 Å². The average Bonchev–Trinajstić information content (AvgIpc) is 2.50. The minimum Gasteiger partial charge on any atom is -0.494 e. The van der Waals surface area contributed by atoms with Gasteiger partial charge in [0.15, 0.2) is 0 Å². The lowest BCUT2D eigenvalue weighted by atomic mass is 9.82. The maximum absolute atomic E-state index is 12.3. The predicted octanol–water partition coefficient (Wildman–Crippen LogP) is 2.83. The van der Waals surface area contributed by atoms with E-state index in [1.165, 1.54) is 6.42 Å². The molecule has 4 nitrogen and oxygen atoms in total. The lowest BCUT2D eigenvalue weighted by molar-refractivity contribution is -0.127. The van der Waals surface area contributed by atoms with Gasteiger partial charge < -0.3 is 15.8 Å². The summed E-state index contributed by atoms with van der Waals surface area (Å²) < 4.78 is 5.59. The van der Waals surface area contributed by atoms with Gasteiger partial charge in [-0.1, -0.05) is 37.5 Å². The van der Waals surface area contributed by atoms with Crippen molar-refractivity contribution in [2.75, 3.05) is 13.2 Å². The monoisotopic (exact) mass is 326 g/mol. The van der Waals surface area contributed by atoms with Gasteiger partial charge in [-0.2, -0.15) is 0 Å². The van der Waals surface area contributed by atoms with Gasteiger partial charge in [-0.05, 0) is 37.8 Å². The second-order valence-electron chi connectivity index (χ2n) is 5.76. The highest BCUT2D eigenvalue weighted by Crippen LogP contribution is 2.26. The molecule has 0 aliphatic heterocycles. The second-order valence-corrected chi connectivity index (χ2v) is 5.76. The predicted molar refractivity (Wildman–Crippen MR) is 91.6 cm³/mol. The van der Waals surface area contributed by atoms with Gasteiger partial charge in [0.2, 0.25) is 5.91 Å². The zero-order chi connectivity index (χ0) is 15.1. The minimum absolute atomic E-state index is 0. The SMILES string of the molecule is CCOc1ccccc1CCNC(=O)C1(N)CCCCC1.Cl. The van der Waals surface area contributed by atoms with Crippen molar-refractivity contribution in [2.24, 2.45) is 5.73 Å². The molecule has 22 heavy (non-hydrogen) atoms. The van der Waals surface area contributed by atoms with Gasteiger partial charge >= 0.3 is 0 Å². The Morgan fingerprint density at radius 2 is 1.95 bits per heavy atom. The van der Waals surface area contributed by atoms with Gasteiger partial charge in [0, 0.05) is 6.54 Å². The first-order valence-corrected chi connectivity index (χ1v) is 7.93. The lowest BCUT2D eigenvalue weighted by Gasteiger charge is -2.31. The van der Waals surface area contributed by atoms with Crippen LogP contribution in [0.15, 0.2) is 24.3 Å². The highest BCUT2D eigenvalue weighted by atomic mass is 35.5. The van der Waals surface area contributed by atoms with Gasteiger partial charge in [-0.15, -0.1) is 12.4 Å². The smallest absolute Gasteiger partial charge is 0.240 e. The Hall–Kier alpha value is -1.26. The Bertz CT molecular complexity index is 473. The number of benzene rings is 1. The molecule has 1 fully saturated rings. The molecule has 3 N–H and O–H groups in total. The molecule has 0 aromatic heterocycles. The summed E-state index contributed by atoms with van der Waals surface area (Å²) in [6, 6.07) is 7.96. The number of hydrogen-bond donors (Lipinski definition) is 2. The van der Waals surface area contributed by atoms with Crippen molar-refractivity contribution < 1.29 is 9.53 Å². The Morgan fingerprint density at radius 1 is 1.27 bits per heavy atom. The zero-order valence-corrected chi connectivity index (χ0v) is 14.1. The molecule has 2 rings (SSSR count). The molecule has 0 saturated heterocycles. The average molecular weight is 327 g/mol. The molecular weight excluding hydrogens is 300 g/mol. The standard InChI is InChI=1S/C17H26N2O2.ClH/c1-2-21-15-9-5-4-8-14(15)10-13-19-16(20)17(18)11-6-3-7-12-17;/h4-5,8-9H,2-3,6-7,10-13,18H2,1H3,(H,19,20);1H. The molecule has 1 saturated carbocycles. The van der Waals surface area contributed by atoms with Crippen LogP contribution < -0.4 is 15.8 Å². The van der Waals surface area contributed by atoms with Crippen LogP contribution in [-0.2, 0) is 11.2 Å². The Kier molecular flexibility index (Phi) is 7.69. The molecule has 1 aliphatic carbocycles. The summed E-state index contributed by atoms with van der Waals surface area (Å²) in [4.78, 5) is 12.3. The number of hydrogen-bond acceptors (Lipinski definition) is 3. The van der Waals surface area contributed by atoms with Crippen molar-refractivity contribution in [3.8, 4) is 5.75 Å². The van der Waals surface area contributed by atoms with Crippen LogP contribution in [0, 0.1) is 0 Å². The summed E-state index contributed by atoms with van der Waals surface area (Å²) in [5.74, 6) is 0.894. The van der Waals surface area contributed by atoms with Crippen molar-refractivity contribution in [3.05, 3.63) is 29.8 Å². The molecule has 1 aromatic carbocycles. The van der Waals surface area contributed by atoms with E-state index in [4.69, 9.17) is 10.5 Å². The van der Waals surface area contributed by atoms with E-state index in [-0.39, 0.29) is 18.3 Å². The number of ether oxygens (including phenoxy) is 1. The van der Waals surface area contributed by atoms with E-state index >= 15 is 0 Å². The fourth-order valence-corrected chi connectivity index (χ4v) is 2.90. The van der Waals surface area contributed by atoms with Crippen LogP contribution in [0.4, 0.5) is 0 Å². The Labute approximate surface area is 139 Å². The molecular formula is C17H27ClN2O2. The summed E-state index contributed by atoms with van der Waals surface area (Å²) in [6.45, 7) is 3.22. The van der Waals surface area contributed by atoms with Crippen LogP contribution in [0.5, 0.6) is 5.75 Å². The second kappa shape index (κ2) is 9.01. The first-order chi connectivity index (χ1) is 10.2. The molecule has 0 heterocycles. The van der Waals surface area contributed by atoms with Crippen LogP contribution in [0.2, 0.25) is 0 Å². The number of carbonyl (C=O) groups excluding carboxylic acids is 1. The Balaban J connectivity index is 0.00000242. The van der Waals surface area contributed by atoms with Gasteiger partial charge in [0.05, 0.1) is 12.1 Å². The Morgan fingerprint density at radius 3 is 2.64 bits per heavy atom. The van der Waals surface area contributed by atoms with Crippen molar-refractivity contribution in [3.63, 3.8) is 0 Å². The van der Waals surface area contributed by atoms with E-state index in [0.717, 1.165) is 43.4 Å². The van der Waals surface area contributed by atoms with Crippen molar-refractivity contribution in [2.45, 2.75) is 51.0 Å². The summed E-state index contributed by atoms with van der Waals surface area (Å²) >= 11 is 0. The van der Waals surface area contributed by atoms with E-state index in [9.17, 15) is 4.79 Å². The summed E-state index contributed by atoms with van der Waals surface area (Å²) in [7, 11) is 0. The van der Waals surface area contributed by atoms with Gasteiger partial charge in [-0.3, -0.25) is 4.79 Å². The molecule has 0 bridgehead atoms. The number of nitrogens with one attached hydrogen (secondary N) is 1. The van der Waals surface area contributed by atoms with Crippen LogP contribution in [0.3, 0.4) is 0 Å². The summed E-state index contributed by atoms with van der Waals surface area (Å²) in [6.07, 6.45) is 5.66. The van der Waals surface area contributed by atoms with Crippen LogP contribution in [-0.4, -0.2) is 24.6 Å². The number of nitrogens with two attached hydrogens (primary N) is 1. The van der Waals surface area contributed by atoms with Gasteiger partial charge in [0.1, 0.15) is 5.75 Å². The fraction of sp³-hybridized carbons (Fsp3) is 0.588. The summed E-state index contributed by atoms with van der Waals surface area (Å²) in [5.41, 5.74) is 6.69. The lowest BCUT2D eigenvalue weighted by Crippen LogP contribution is -2.55. The molecule has 1 amide bonds. The fourth-order valence-electron chi connectivity index (χ4n) is 2.90. The van der Waals surface area contributed by atoms with Crippen molar-refractivity contribution in [1.29, 1.82) is 0 Å². The molecule has 0 spiro atoms. The maximum Gasteiger partial charge on any atom is 0.240 e. The van der Waals surface area contributed by atoms with Crippen LogP contribution in [0.25, 0.3) is 0 Å². The van der Waals surface area contributed by atoms with Crippen molar-refractivity contribution >= 4 is 18.3 Å². The van der Waals surface area contributed by atoms with Crippen molar-refractivity contribution in [1.82, 2.24) is 5.32 Å². The van der Waals surface area contributed by atoms with Gasteiger partial charge in [-0.25, -0.2) is 0 Å². The van der Waals surface area contributed by atoms with E-state index in [1.807, 2.05) is 31.2 Å². The van der Waals surface area contributed by atoms with E-state index in [1.54, 1.807) is 0 Å².